The molecule has 6 heteroatoms. The van der Waals surface area contributed by atoms with Gasteiger partial charge in [-0.3, -0.25) is 9.59 Å². The molecule has 1 heterocycles. The number of carbonyl (C=O) groups is 1. The molecule has 0 saturated carbocycles. The number of pyridine rings is 1. The van der Waals surface area contributed by atoms with Crippen molar-refractivity contribution >= 4 is 11.6 Å². The van der Waals surface area contributed by atoms with Gasteiger partial charge in [-0.2, -0.15) is 0 Å². The number of rotatable bonds is 7. The molecule has 0 atom stereocenters. The van der Waals surface area contributed by atoms with Crippen molar-refractivity contribution in [1.82, 2.24) is 4.57 Å². The maximum atomic E-state index is 12.6. The van der Waals surface area contributed by atoms with E-state index in [2.05, 4.69) is 5.32 Å². The SMILES string of the molecule is COc1cc(C(=O)Nc2ccc(Cn3ccccc3=O)cc2)ccc1OC(C)C. The van der Waals surface area contributed by atoms with Crippen LogP contribution in [0.1, 0.15) is 29.8 Å². The molecule has 0 bridgehead atoms. The van der Waals surface area contributed by atoms with E-state index in [-0.39, 0.29) is 17.6 Å². The van der Waals surface area contributed by atoms with E-state index in [1.54, 1.807) is 42.1 Å². The van der Waals surface area contributed by atoms with Crippen molar-refractivity contribution in [3.63, 3.8) is 0 Å². The Labute approximate surface area is 169 Å². The lowest BCUT2D eigenvalue weighted by Gasteiger charge is -2.14. The molecule has 6 nitrogen and oxygen atoms in total. The standard InChI is InChI=1S/C23H24N2O4/c1-16(2)29-20-12-9-18(14-21(20)28-3)23(27)24-19-10-7-17(8-11-19)15-25-13-5-4-6-22(25)26/h4-14,16H,15H2,1-3H3,(H,24,27). The summed E-state index contributed by atoms with van der Waals surface area (Å²) in [6.45, 7) is 4.33. The molecule has 150 valence electrons. The highest BCUT2D eigenvalue weighted by atomic mass is 16.5. The third kappa shape index (κ3) is 5.25. The lowest BCUT2D eigenvalue weighted by Crippen LogP contribution is -2.18. The van der Waals surface area contributed by atoms with E-state index in [9.17, 15) is 9.59 Å². The van der Waals surface area contributed by atoms with Crippen LogP contribution in [0.25, 0.3) is 0 Å². The zero-order valence-corrected chi connectivity index (χ0v) is 16.7. The van der Waals surface area contributed by atoms with Crippen LogP contribution in [0.4, 0.5) is 5.69 Å². The summed E-state index contributed by atoms with van der Waals surface area (Å²) in [5.74, 6) is 0.862. The van der Waals surface area contributed by atoms with Gasteiger partial charge >= 0.3 is 0 Å². The summed E-state index contributed by atoms with van der Waals surface area (Å²) in [5.41, 5.74) is 2.05. The van der Waals surface area contributed by atoms with E-state index in [1.165, 1.54) is 6.07 Å². The smallest absolute Gasteiger partial charge is 0.255 e. The number of nitrogens with one attached hydrogen (secondary N) is 1. The zero-order valence-electron chi connectivity index (χ0n) is 16.7. The van der Waals surface area contributed by atoms with Gasteiger partial charge in [0.15, 0.2) is 11.5 Å². The summed E-state index contributed by atoms with van der Waals surface area (Å²) in [7, 11) is 1.54. The number of anilines is 1. The number of hydrogen-bond donors (Lipinski definition) is 1. The minimum atomic E-state index is -0.244. The molecule has 29 heavy (non-hydrogen) atoms. The van der Waals surface area contributed by atoms with Crippen LogP contribution in [-0.4, -0.2) is 23.7 Å². The highest BCUT2D eigenvalue weighted by molar-refractivity contribution is 6.04. The highest BCUT2D eigenvalue weighted by Gasteiger charge is 2.12. The van der Waals surface area contributed by atoms with Crippen molar-refractivity contribution < 1.29 is 14.3 Å². The van der Waals surface area contributed by atoms with E-state index in [0.717, 1.165) is 5.56 Å². The fourth-order valence-corrected chi connectivity index (χ4v) is 2.84. The van der Waals surface area contributed by atoms with Gasteiger partial charge in [-0.25, -0.2) is 0 Å². The second-order valence-electron chi connectivity index (χ2n) is 6.85. The Balaban J connectivity index is 1.69. The molecular weight excluding hydrogens is 368 g/mol. The lowest BCUT2D eigenvalue weighted by molar-refractivity contribution is 0.102. The van der Waals surface area contributed by atoms with Crippen molar-refractivity contribution in [2.45, 2.75) is 26.5 Å². The Bertz CT molecular complexity index is 1040. The van der Waals surface area contributed by atoms with Crippen LogP contribution in [0, 0.1) is 0 Å². The summed E-state index contributed by atoms with van der Waals surface area (Å²) in [5, 5.41) is 2.87. The Morgan fingerprint density at radius 2 is 1.79 bits per heavy atom. The Kier molecular flexibility index (Phi) is 6.34. The molecule has 0 aliphatic carbocycles. The number of ether oxygens (including phenoxy) is 2. The molecule has 2 aromatic carbocycles. The van der Waals surface area contributed by atoms with Gasteiger partial charge in [-0.15, -0.1) is 0 Å². The largest absolute Gasteiger partial charge is 0.493 e. The number of nitrogens with zero attached hydrogens (tertiary/aromatic N) is 1. The number of benzene rings is 2. The summed E-state index contributed by atoms with van der Waals surface area (Å²) < 4.78 is 12.6. The van der Waals surface area contributed by atoms with E-state index >= 15 is 0 Å². The van der Waals surface area contributed by atoms with Crippen LogP contribution >= 0.6 is 0 Å². The molecule has 0 spiro atoms. The maximum absolute atomic E-state index is 12.6. The highest BCUT2D eigenvalue weighted by Crippen LogP contribution is 2.29. The first-order valence-corrected chi connectivity index (χ1v) is 9.36. The number of hydrogen-bond acceptors (Lipinski definition) is 4. The van der Waals surface area contributed by atoms with Gasteiger partial charge in [0.2, 0.25) is 0 Å². The summed E-state index contributed by atoms with van der Waals surface area (Å²) >= 11 is 0. The van der Waals surface area contributed by atoms with Gasteiger partial charge in [-0.05, 0) is 55.8 Å². The summed E-state index contributed by atoms with van der Waals surface area (Å²) in [6.07, 6.45) is 1.76. The molecule has 1 amide bonds. The van der Waals surface area contributed by atoms with Crippen molar-refractivity contribution in [2.24, 2.45) is 0 Å². The summed E-state index contributed by atoms with van der Waals surface area (Å²) in [6, 6.07) is 17.5. The zero-order chi connectivity index (χ0) is 20.8. The third-order valence-electron chi connectivity index (χ3n) is 4.25. The first kappa shape index (κ1) is 20.2. The van der Waals surface area contributed by atoms with Crippen LogP contribution in [0.15, 0.2) is 71.7 Å². The van der Waals surface area contributed by atoms with Crippen molar-refractivity contribution in [3.8, 4) is 11.5 Å². The second kappa shape index (κ2) is 9.10. The molecule has 0 unspecified atom stereocenters. The fourth-order valence-electron chi connectivity index (χ4n) is 2.84. The molecular formula is C23H24N2O4. The van der Waals surface area contributed by atoms with Crippen molar-refractivity contribution in [1.29, 1.82) is 0 Å². The van der Waals surface area contributed by atoms with Gasteiger partial charge in [0.05, 0.1) is 19.8 Å². The molecule has 0 aliphatic rings. The second-order valence-corrected chi connectivity index (χ2v) is 6.85. The Hall–Kier alpha value is -3.54. The maximum Gasteiger partial charge on any atom is 0.255 e. The molecule has 1 aromatic heterocycles. The third-order valence-corrected chi connectivity index (χ3v) is 4.25. The van der Waals surface area contributed by atoms with E-state index < -0.39 is 0 Å². The quantitative estimate of drug-likeness (QED) is 0.661. The number of methoxy groups -OCH3 is 1. The molecule has 3 rings (SSSR count). The normalized spacial score (nSPS) is 10.6. The first-order chi connectivity index (χ1) is 14.0. The molecule has 1 N–H and O–H groups in total. The fraction of sp³-hybridized carbons (Fsp3) is 0.217. The van der Waals surface area contributed by atoms with E-state index in [4.69, 9.17) is 9.47 Å². The van der Waals surface area contributed by atoms with E-state index in [1.807, 2.05) is 44.2 Å². The van der Waals surface area contributed by atoms with Crippen LogP contribution < -0.4 is 20.3 Å². The van der Waals surface area contributed by atoms with Gasteiger partial charge in [0, 0.05) is 23.5 Å². The van der Waals surface area contributed by atoms with Crippen molar-refractivity contribution in [2.75, 3.05) is 12.4 Å². The minimum Gasteiger partial charge on any atom is -0.493 e. The van der Waals surface area contributed by atoms with Gasteiger partial charge in [-0.1, -0.05) is 18.2 Å². The average molecular weight is 392 g/mol. The van der Waals surface area contributed by atoms with Crippen LogP contribution in [0.2, 0.25) is 0 Å². The number of aromatic nitrogens is 1. The van der Waals surface area contributed by atoms with Crippen molar-refractivity contribution in [3.05, 3.63) is 88.3 Å². The Morgan fingerprint density at radius 3 is 2.45 bits per heavy atom. The minimum absolute atomic E-state index is 0.00818. The summed E-state index contributed by atoms with van der Waals surface area (Å²) in [4.78, 5) is 24.4. The lowest BCUT2D eigenvalue weighted by atomic mass is 10.1. The molecule has 0 radical (unpaired) electrons. The molecule has 0 fully saturated rings. The predicted octanol–water partition coefficient (Wildman–Crippen LogP) is 3.94. The van der Waals surface area contributed by atoms with E-state index in [0.29, 0.717) is 29.3 Å². The topological polar surface area (TPSA) is 69.6 Å². The molecule has 0 saturated heterocycles. The molecule has 3 aromatic rings. The first-order valence-electron chi connectivity index (χ1n) is 9.36. The molecule has 0 aliphatic heterocycles. The van der Waals surface area contributed by atoms with Gasteiger partial charge in [0.25, 0.3) is 11.5 Å². The van der Waals surface area contributed by atoms with Gasteiger partial charge in [0.1, 0.15) is 0 Å². The van der Waals surface area contributed by atoms with Crippen LogP contribution in [0.5, 0.6) is 11.5 Å². The monoisotopic (exact) mass is 392 g/mol. The van der Waals surface area contributed by atoms with Crippen LogP contribution in [-0.2, 0) is 6.54 Å². The predicted molar refractivity (Wildman–Crippen MR) is 113 cm³/mol. The van der Waals surface area contributed by atoms with Gasteiger partial charge < -0.3 is 19.4 Å². The van der Waals surface area contributed by atoms with Crippen LogP contribution in [0.3, 0.4) is 0 Å². The Morgan fingerprint density at radius 1 is 1.03 bits per heavy atom. The average Bonchev–Trinajstić information content (AvgIpc) is 2.71. The number of amides is 1. The number of carbonyl (C=O) groups excluding carboxylic acids is 1.